The molecule has 0 saturated carbocycles. The van der Waals surface area contributed by atoms with Crippen LogP contribution in [0.25, 0.3) is 5.69 Å². The summed E-state index contributed by atoms with van der Waals surface area (Å²) >= 11 is 5.57. The molecule has 0 amide bonds. The van der Waals surface area contributed by atoms with Gasteiger partial charge in [-0.1, -0.05) is 18.2 Å². The lowest BCUT2D eigenvalue weighted by molar-refractivity contribution is -0.143. The minimum Gasteiger partial charge on any atom is -0.465 e. The van der Waals surface area contributed by atoms with Crippen molar-refractivity contribution < 1.29 is 22.7 Å². The maximum Gasteiger partial charge on any atom is 0.418 e. The summed E-state index contributed by atoms with van der Waals surface area (Å²) < 4.78 is 48.2. The van der Waals surface area contributed by atoms with Gasteiger partial charge in [-0.2, -0.15) is 13.2 Å². The van der Waals surface area contributed by atoms with Gasteiger partial charge in [0, 0.05) is 17.6 Å². The van der Waals surface area contributed by atoms with E-state index in [1.807, 2.05) is 18.2 Å². The molecule has 0 aliphatic carbocycles. The van der Waals surface area contributed by atoms with Crippen molar-refractivity contribution in [3.05, 3.63) is 82.9 Å². The molecule has 1 aliphatic heterocycles. The Hall–Kier alpha value is -3.40. The van der Waals surface area contributed by atoms with E-state index in [1.54, 1.807) is 48.6 Å². The zero-order valence-corrected chi connectivity index (χ0v) is 20.3. The molecule has 4 rings (SSSR count). The van der Waals surface area contributed by atoms with Crippen LogP contribution in [0.4, 0.5) is 13.2 Å². The first-order valence-corrected chi connectivity index (χ1v) is 11.5. The van der Waals surface area contributed by atoms with Crippen molar-refractivity contribution in [2.75, 3.05) is 13.2 Å². The molecular formula is C25H25F3N4O2S. The number of alkyl halides is 3. The minimum atomic E-state index is -4.51. The highest BCUT2D eigenvalue weighted by Crippen LogP contribution is 2.42. The molecular weight excluding hydrogens is 477 g/mol. The molecule has 2 aromatic heterocycles. The lowest BCUT2D eigenvalue weighted by atomic mass is 9.96. The molecule has 1 saturated heterocycles. The van der Waals surface area contributed by atoms with Crippen molar-refractivity contribution in [1.29, 1.82) is 0 Å². The number of ether oxygens (including phenoxy) is 1. The summed E-state index contributed by atoms with van der Waals surface area (Å²) in [7, 11) is 0. The summed E-state index contributed by atoms with van der Waals surface area (Å²) in [6.07, 6.45) is -2.85. The Kier molecular flexibility index (Phi) is 6.84. The monoisotopic (exact) mass is 502 g/mol. The third-order valence-electron chi connectivity index (χ3n) is 6.04. The molecule has 1 N–H and O–H groups in total. The van der Waals surface area contributed by atoms with Gasteiger partial charge < -0.3 is 19.5 Å². The number of esters is 1. The number of benzene rings is 1. The first kappa shape index (κ1) is 24.7. The summed E-state index contributed by atoms with van der Waals surface area (Å²) in [4.78, 5) is 18.6. The number of halogens is 3. The average Bonchev–Trinajstić information content (AvgIpc) is 3.29. The summed E-state index contributed by atoms with van der Waals surface area (Å²) in [6.45, 7) is 5.38. The number of nitrogens with zero attached hydrogens (tertiary/aromatic N) is 3. The Morgan fingerprint density at radius 3 is 2.54 bits per heavy atom. The van der Waals surface area contributed by atoms with Gasteiger partial charge in [-0.15, -0.1) is 0 Å². The molecule has 1 aliphatic rings. The summed E-state index contributed by atoms with van der Waals surface area (Å²) in [5, 5.41) is 3.59. The second-order valence-corrected chi connectivity index (χ2v) is 8.62. The fraction of sp³-hybridized carbons (Fsp3) is 0.320. The van der Waals surface area contributed by atoms with Crippen LogP contribution in [0.3, 0.4) is 0 Å². The van der Waals surface area contributed by atoms with Gasteiger partial charge >= 0.3 is 12.1 Å². The largest absolute Gasteiger partial charge is 0.465 e. The van der Waals surface area contributed by atoms with Crippen molar-refractivity contribution in [3.8, 4) is 5.69 Å². The number of carbonyl (C=O) groups is 1. The van der Waals surface area contributed by atoms with E-state index in [0.717, 1.165) is 11.6 Å². The second kappa shape index (κ2) is 9.69. The quantitative estimate of drug-likeness (QED) is 0.376. The highest BCUT2D eigenvalue weighted by molar-refractivity contribution is 7.80. The van der Waals surface area contributed by atoms with Crippen molar-refractivity contribution in [2.24, 2.45) is 0 Å². The number of aromatic nitrogens is 2. The minimum absolute atomic E-state index is 0.0427. The zero-order valence-electron chi connectivity index (χ0n) is 19.5. The van der Waals surface area contributed by atoms with Gasteiger partial charge in [0.05, 0.1) is 35.6 Å². The van der Waals surface area contributed by atoms with E-state index in [-0.39, 0.29) is 18.8 Å². The second-order valence-electron chi connectivity index (χ2n) is 8.24. The maximum atomic E-state index is 13.8. The van der Waals surface area contributed by atoms with E-state index in [2.05, 4.69) is 10.3 Å². The van der Waals surface area contributed by atoms with E-state index in [1.165, 1.54) is 12.1 Å². The number of carbonyl (C=O) groups excluding carboxylic acids is 1. The van der Waals surface area contributed by atoms with Crippen molar-refractivity contribution in [1.82, 2.24) is 19.8 Å². The lowest BCUT2D eigenvalue weighted by Crippen LogP contribution is -2.35. The van der Waals surface area contributed by atoms with Gasteiger partial charge in [0.2, 0.25) is 0 Å². The van der Waals surface area contributed by atoms with Crippen LogP contribution in [0, 0.1) is 13.8 Å². The van der Waals surface area contributed by atoms with Crippen LogP contribution in [0.5, 0.6) is 0 Å². The molecule has 0 radical (unpaired) electrons. The molecule has 3 aromatic rings. The Labute approximate surface area is 206 Å². The molecule has 0 bridgehead atoms. The van der Waals surface area contributed by atoms with Gasteiger partial charge in [-0.05, 0) is 68.9 Å². The Morgan fingerprint density at radius 2 is 1.89 bits per heavy atom. The fourth-order valence-electron chi connectivity index (χ4n) is 4.63. The number of rotatable bonds is 6. The van der Waals surface area contributed by atoms with Crippen LogP contribution in [0.2, 0.25) is 0 Å². The fourth-order valence-corrected chi connectivity index (χ4v) is 4.93. The molecule has 184 valence electrons. The van der Waals surface area contributed by atoms with Gasteiger partial charge in [-0.3, -0.25) is 9.78 Å². The lowest BCUT2D eigenvalue weighted by Gasteiger charge is -2.27. The molecule has 2 unspecified atom stereocenters. The van der Waals surface area contributed by atoms with Gasteiger partial charge in [0.25, 0.3) is 0 Å². The first-order chi connectivity index (χ1) is 16.6. The first-order valence-electron chi connectivity index (χ1n) is 11.1. The molecule has 1 fully saturated rings. The van der Waals surface area contributed by atoms with Gasteiger partial charge in [0.15, 0.2) is 5.11 Å². The number of hydrogen-bond acceptors (Lipinski definition) is 4. The number of thiocarbonyl (C=S) groups is 1. The summed E-state index contributed by atoms with van der Waals surface area (Å²) in [5.41, 5.74) is 2.01. The Bertz CT molecular complexity index is 1240. The van der Waals surface area contributed by atoms with Crippen LogP contribution in [0.1, 0.15) is 47.2 Å². The van der Waals surface area contributed by atoms with E-state index in [9.17, 15) is 18.0 Å². The number of aryl methyl sites for hydroxylation is 1. The predicted molar refractivity (Wildman–Crippen MR) is 129 cm³/mol. The number of nitrogens with one attached hydrogen (secondary N) is 1. The van der Waals surface area contributed by atoms with E-state index in [4.69, 9.17) is 17.0 Å². The molecule has 0 spiro atoms. The summed E-state index contributed by atoms with van der Waals surface area (Å²) in [5.74, 6) is -0.445. The van der Waals surface area contributed by atoms with Crippen molar-refractivity contribution in [3.63, 3.8) is 0 Å². The molecule has 6 nitrogen and oxygen atoms in total. The van der Waals surface area contributed by atoms with Crippen LogP contribution in [0.15, 0.2) is 54.7 Å². The standard InChI is InChI=1S/C25H25F3N4O2S/c1-4-34-21(33)14-31-23(22(30-24(31)35)19-10-7-8-12-29-19)17-13-15(2)32(16(17)3)20-11-6-5-9-18(20)25(26,27)28/h5-13,22-23H,4,14H2,1-3H3,(H,30,35). The molecule has 2 atom stereocenters. The number of para-hydroxylation sites is 1. The molecule has 3 heterocycles. The Balaban J connectivity index is 1.86. The van der Waals surface area contributed by atoms with Crippen molar-refractivity contribution >= 4 is 23.3 Å². The topological polar surface area (TPSA) is 59.4 Å². The van der Waals surface area contributed by atoms with Crippen LogP contribution in [-0.4, -0.2) is 38.7 Å². The van der Waals surface area contributed by atoms with Gasteiger partial charge in [0.1, 0.15) is 6.54 Å². The normalized spacial score (nSPS) is 18.0. The molecule has 10 heteroatoms. The average molecular weight is 503 g/mol. The van der Waals surface area contributed by atoms with E-state index in [0.29, 0.717) is 22.2 Å². The smallest absolute Gasteiger partial charge is 0.418 e. The SMILES string of the molecule is CCOC(=O)CN1C(=S)NC(c2ccccn2)C1c1cc(C)n(-c2ccccc2C(F)(F)F)c1C. The number of pyridine rings is 1. The zero-order chi connectivity index (χ0) is 25.3. The highest BCUT2D eigenvalue weighted by Gasteiger charge is 2.43. The van der Waals surface area contributed by atoms with Crippen LogP contribution < -0.4 is 5.32 Å². The molecule has 1 aromatic carbocycles. The van der Waals surface area contributed by atoms with Crippen LogP contribution in [-0.2, 0) is 15.7 Å². The molecule has 35 heavy (non-hydrogen) atoms. The predicted octanol–water partition coefficient (Wildman–Crippen LogP) is 5.04. The number of hydrogen-bond donors (Lipinski definition) is 1. The van der Waals surface area contributed by atoms with Gasteiger partial charge in [-0.25, -0.2) is 0 Å². The third-order valence-corrected chi connectivity index (χ3v) is 6.39. The Morgan fingerprint density at radius 1 is 1.17 bits per heavy atom. The third kappa shape index (κ3) is 4.75. The summed E-state index contributed by atoms with van der Waals surface area (Å²) in [6, 6.07) is 11.9. The maximum absolute atomic E-state index is 13.8. The highest BCUT2D eigenvalue weighted by atomic mass is 32.1. The van der Waals surface area contributed by atoms with Crippen molar-refractivity contribution in [2.45, 2.75) is 39.0 Å². The van der Waals surface area contributed by atoms with E-state index >= 15 is 0 Å². The van der Waals surface area contributed by atoms with E-state index < -0.39 is 29.8 Å². The van der Waals surface area contributed by atoms with Crippen LogP contribution >= 0.6 is 12.2 Å².